The highest BCUT2D eigenvalue weighted by Crippen LogP contribution is 2.37. The molecule has 8 heteroatoms. The average Bonchev–Trinajstić information content (AvgIpc) is 2.58. The van der Waals surface area contributed by atoms with Crippen LogP contribution in [0.15, 0.2) is 12.1 Å². The zero-order valence-electron chi connectivity index (χ0n) is 13.7. The van der Waals surface area contributed by atoms with Crippen molar-refractivity contribution in [2.75, 3.05) is 7.11 Å². The molecule has 0 amide bonds. The summed E-state index contributed by atoms with van der Waals surface area (Å²) in [6.45, 7) is 7.10. The maximum absolute atomic E-state index is 14.0. The number of methoxy groups -OCH3 is 1. The lowest BCUT2D eigenvalue weighted by Crippen LogP contribution is -2.41. The largest absolute Gasteiger partial charge is 0.495 e. The number of benzene rings is 1. The van der Waals surface area contributed by atoms with Gasteiger partial charge in [-0.1, -0.05) is 0 Å². The van der Waals surface area contributed by atoms with E-state index in [1.807, 2.05) is 0 Å². The van der Waals surface area contributed by atoms with Gasteiger partial charge < -0.3 is 14.0 Å². The molecule has 3 nitrogen and oxygen atoms in total. The molecule has 0 bridgehead atoms. The SMILES string of the molecule is COc1cc(CC(F)(F)F)c(B2OC(C)(C)C(C)(C)O2)cc1F. The van der Waals surface area contributed by atoms with Crippen molar-refractivity contribution in [2.24, 2.45) is 0 Å². The maximum atomic E-state index is 14.0. The number of hydrogen-bond acceptors (Lipinski definition) is 3. The summed E-state index contributed by atoms with van der Waals surface area (Å²) >= 11 is 0. The van der Waals surface area contributed by atoms with Crippen molar-refractivity contribution in [2.45, 2.75) is 51.5 Å². The van der Waals surface area contributed by atoms with Crippen LogP contribution in [0.3, 0.4) is 0 Å². The minimum absolute atomic E-state index is 0.0271. The first kappa shape index (κ1) is 18.1. The molecule has 1 aliphatic rings. The Morgan fingerprint density at radius 1 is 1.09 bits per heavy atom. The zero-order valence-corrected chi connectivity index (χ0v) is 13.7. The summed E-state index contributed by atoms with van der Waals surface area (Å²) in [7, 11) is 0.127. The molecule has 0 aromatic heterocycles. The Labute approximate surface area is 133 Å². The van der Waals surface area contributed by atoms with E-state index in [1.165, 1.54) is 7.11 Å². The average molecular weight is 334 g/mol. The molecular weight excluding hydrogens is 315 g/mol. The highest BCUT2D eigenvalue weighted by atomic mass is 19.4. The van der Waals surface area contributed by atoms with Gasteiger partial charge in [0.15, 0.2) is 11.6 Å². The van der Waals surface area contributed by atoms with Gasteiger partial charge in [0.1, 0.15) is 0 Å². The molecular formula is C15H19BF4O3. The van der Waals surface area contributed by atoms with E-state index in [0.717, 1.165) is 12.1 Å². The molecule has 0 N–H and O–H groups in total. The van der Waals surface area contributed by atoms with Gasteiger partial charge in [-0.15, -0.1) is 0 Å². The van der Waals surface area contributed by atoms with Gasteiger partial charge in [0.05, 0.1) is 24.7 Å². The van der Waals surface area contributed by atoms with E-state index >= 15 is 0 Å². The molecule has 0 aliphatic carbocycles. The van der Waals surface area contributed by atoms with Crippen LogP contribution < -0.4 is 10.2 Å². The molecule has 0 atom stereocenters. The van der Waals surface area contributed by atoms with Crippen LogP contribution in [0.5, 0.6) is 5.75 Å². The molecule has 0 spiro atoms. The molecule has 2 rings (SSSR count). The third-order valence-electron chi connectivity index (χ3n) is 4.31. The van der Waals surface area contributed by atoms with Gasteiger partial charge in [-0.25, -0.2) is 4.39 Å². The van der Waals surface area contributed by atoms with E-state index < -0.39 is 36.7 Å². The van der Waals surface area contributed by atoms with E-state index in [9.17, 15) is 17.6 Å². The van der Waals surface area contributed by atoms with Gasteiger partial charge in [0, 0.05) is 0 Å². The van der Waals surface area contributed by atoms with Crippen molar-refractivity contribution in [3.05, 3.63) is 23.5 Å². The number of alkyl halides is 3. The Hall–Kier alpha value is -1.28. The van der Waals surface area contributed by atoms with Crippen LogP contribution in [-0.4, -0.2) is 31.6 Å². The van der Waals surface area contributed by atoms with E-state index in [-0.39, 0.29) is 16.8 Å². The highest BCUT2D eigenvalue weighted by molar-refractivity contribution is 6.62. The van der Waals surface area contributed by atoms with Gasteiger partial charge in [0.2, 0.25) is 0 Å². The Morgan fingerprint density at radius 2 is 1.61 bits per heavy atom. The Kier molecular flexibility index (Phi) is 4.45. The van der Waals surface area contributed by atoms with Crippen molar-refractivity contribution >= 4 is 12.6 Å². The monoisotopic (exact) mass is 334 g/mol. The minimum atomic E-state index is -4.44. The Morgan fingerprint density at radius 3 is 2.04 bits per heavy atom. The second-order valence-corrected chi connectivity index (χ2v) is 6.57. The lowest BCUT2D eigenvalue weighted by Gasteiger charge is -2.32. The Bertz CT molecular complexity index is 583. The summed E-state index contributed by atoms with van der Waals surface area (Å²) in [6.07, 6.45) is -5.66. The molecule has 1 aromatic rings. The fourth-order valence-corrected chi connectivity index (χ4v) is 2.33. The molecule has 1 fully saturated rings. The van der Waals surface area contributed by atoms with E-state index in [0.29, 0.717) is 0 Å². The molecule has 23 heavy (non-hydrogen) atoms. The molecule has 0 radical (unpaired) electrons. The van der Waals surface area contributed by atoms with Crippen LogP contribution in [0.25, 0.3) is 0 Å². The molecule has 1 saturated heterocycles. The summed E-state index contributed by atoms with van der Waals surface area (Å²) in [5.74, 6) is -1.01. The van der Waals surface area contributed by atoms with Crippen LogP contribution in [-0.2, 0) is 15.7 Å². The number of rotatable bonds is 3. The lowest BCUT2D eigenvalue weighted by molar-refractivity contribution is -0.127. The van der Waals surface area contributed by atoms with Crippen molar-refractivity contribution in [1.29, 1.82) is 0 Å². The summed E-state index contributed by atoms with van der Waals surface area (Å²) in [6, 6.07) is 2.03. The minimum Gasteiger partial charge on any atom is -0.494 e. The normalized spacial score (nSPS) is 20.0. The first-order valence-corrected chi connectivity index (χ1v) is 7.15. The summed E-state index contributed by atoms with van der Waals surface area (Å²) in [5, 5.41) is 0. The third-order valence-corrected chi connectivity index (χ3v) is 4.31. The number of ether oxygens (including phenoxy) is 1. The van der Waals surface area contributed by atoms with Crippen molar-refractivity contribution in [1.82, 2.24) is 0 Å². The highest BCUT2D eigenvalue weighted by Gasteiger charge is 2.52. The predicted molar refractivity (Wildman–Crippen MR) is 78.4 cm³/mol. The van der Waals surface area contributed by atoms with Gasteiger partial charge in [-0.3, -0.25) is 0 Å². The van der Waals surface area contributed by atoms with Crippen LogP contribution in [0.4, 0.5) is 17.6 Å². The second kappa shape index (κ2) is 5.67. The van der Waals surface area contributed by atoms with E-state index in [1.54, 1.807) is 27.7 Å². The smallest absolute Gasteiger partial charge is 0.494 e. The number of halogens is 4. The summed E-state index contributed by atoms with van der Waals surface area (Å²) in [4.78, 5) is 0. The molecule has 1 heterocycles. The van der Waals surface area contributed by atoms with Gasteiger partial charge in [0.25, 0.3) is 0 Å². The quantitative estimate of drug-likeness (QED) is 0.627. The van der Waals surface area contributed by atoms with Crippen LogP contribution in [0, 0.1) is 5.82 Å². The lowest BCUT2D eigenvalue weighted by atomic mass is 9.75. The molecule has 128 valence electrons. The van der Waals surface area contributed by atoms with Crippen LogP contribution in [0.1, 0.15) is 33.3 Å². The van der Waals surface area contributed by atoms with E-state index in [2.05, 4.69) is 0 Å². The fraction of sp³-hybridized carbons (Fsp3) is 0.600. The van der Waals surface area contributed by atoms with Gasteiger partial charge in [-0.05, 0) is 50.9 Å². The molecule has 1 aliphatic heterocycles. The first-order valence-electron chi connectivity index (χ1n) is 7.15. The Balaban J connectivity index is 2.47. The standard InChI is InChI=1S/C15H19BF4O3/c1-13(2)14(3,4)23-16(22-13)10-7-11(17)12(21-5)6-9(10)8-15(18,19)20/h6-7H,8H2,1-5H3. The summed E-state index contributed by atoms with van der Waals surface area (Å²) < 4.78 is 68.7. The van der Waals surface area contributed by atoms with Crippen molar-refractivity contribution < 1.29 is 31.6 Å². The zero-order chi connectivity index (χ0) is 17.6. The molecule has 0 saturated carbocycles. The van der Waals surface area contributed by atoms with E-state index in [4.69, 9.17) is 14.0 Å². The first-order chi connectivity index (χ1) is 10.4. The van der Waals surface area contributed by atoms with Gasteiger partial charge in [-0.2, -0.15) is 13.2 Å². The van der Waals surface area contributed by atoms with Crippen molar-refractivity contribution in [3.63, 3.8) is 0 Å². The molecule has 1 aromatic carbocycles. The predicted octanol–water partition coefficient (Wildman–Crippen LogP) is 3.24. The third kappa shape index (κ3) is 3.63. The molecule has 0 unspecified atom stereocenters. The van der Waals surface area contributed by atoms with Crippen LogP contribution >= 0.6 is 0 Å². The topological polar surface area (TPSA) is 27.7 Å². The maximum Gasteiger partial charge on any atom is 0.495 e. The second-order valence-electron chi connectivity index (χ2n) is 6.57. The fourth-order valence-electron chi connectivity index (χ4n) is 2.33. The van der Waals surface area contributed by atoms with Crippen molar-refractivity contribution in [3.8, 4) is 5.75 Å². The van der Waals surface area contributed by atoms with Crippen LogP contribution in [0.2, 0.25) is 0 Å². The summed E-state index contributed by atoms with van der Waals surface area (Å²) in [5.41, 5.74) is -1.57. The number of hydrogen-bond donors (Lipinski definition) is 0. The van der Waals surface area contributed by atoms with Gasteiger partial charge >= 0.3 is 13.3 Å².